The molecule has 1 atom stereocenters. The van der Waals surface area contributed by atoms with E-state index in [9.17, 15) is 14.0 Å². The maximum absolute atomic E-state index is 13.0. The summed E-state index contributed by atoms with van der Waals surface area (Å²) < 4.78 is 23.9. The monoisotopic (exact) mass is 389 g/mol. The zero-order chi connectivity index (χ0) is 20.7. The number of rotatable bonds is 8. The second-order valence-electron chi connectivity index (χ2n) is 7.78. The third-order valence-corrected chi connectivity index (χ3v) is 4.16. The number of carbonyl (C=O) groups is 2. The van der Waals surface area contributed by atoms with Crippen molar-refractivity contribution < 1.29 is 23.1 Å². The molecule has 0 saturated heterocycles. The summed E-state index contributed by atoms with van der Waals surface area (Å²) in [6, 6.07) is 9.43. The highest BCUT2D eigenvalue weighted by Gasteiger charge is 2.20. The Balaban J connectivity index is 1.86. The average molecular weight is 389 g/mol. The molecule has 5 nitrogen and oxygen atoms in total. The van der Waals surface area contributed by atoms with Crippen LogP contribution < -0.4 is 5.32 Å². The van der Waals surface area contributed by atoms with Crippen molar-refractivity contribution in [2.24, 2.45) is 0 Å². The number of carbonyl (C=O) groups excluding carboxylic acids is 2. The Labute approximate surface area is 165 Å². The number of alkyl carbamates (subject to hydrolysis) is 1. The number of hydrogen-bond acceptors (Lipinski definition) is 4. The van der Waals surface area contributed by atoms with E-state index in [-0.39, 0.29) is 24.1 Å². The van der Waals surface area contributed by atoms with E-state index >= 15 is 0 Å². The molecule has 0 aliphatic rings. The first-order chi connectivity index (χ1) is 13.2. The zero-order valence-corrected chi connectivity index (χ0v) is 16.9. The fourth-order valence-electron chi connectivity index (χ4n) is 2.71. The van der Waals surface area contributed by atoms with Crippen LogP contribution in [-0.2, 0) is 11.2 Å². The van der Waals surface area contributed by atoms with E-state index in [2.05, 4.69) is 5.32 Å². The molecule has 152 valence electrons. The SMILES string of the molecule is CCC(CCC(=O)c1ccc(Cc2ccc(F)cc2)o1)NC(=O)OC(C)(C)C. The van der Waals surface area contributed by atoms with Crippen molar-refractivity contribution in [1.29, 1.82) is 0 Å². The number of benzene rings is 1. The normalized spacial score (nSPS) is 12.5. The molecule has 1 aromatic carbocycles. The van der Waals surface area contributed by atoms with Gasteiger partial charge in [0.25, 0.3) is 0 Å². The molecule has 1 N–H and O–H groups in total. The van der Waals surface area contributed by atoms with Crippen LogP contribution in [-0.4, -0.2) is 23.5 Å². The number of Topliss-reactive ketones (excluding diaryl/α,β-unsaturated/α-hetero) is 1. The first-order valence-corrected chi connectivity index (χ1v) is 9.52. The largest absolute Gasteiger partial charge is 0.458 e. The van der Waals surface area contributed by atoms with Crippen molar-refractivity contribution in [3.8, 4) is 0 Å². The minimum Gasteiger partial charge on any atom is -0.458 e. The first-order valence-electron chi connectivity index (χ1n) is 9.52. The van der Waals surface area contributed by atoms with Gasteiger partial charge in [0.1, 0.15) is 17.2 Å². The van der Waals surface area contributed by atoms with Crippen molar-refractivity contribution in [1.82, 2.24) is 5.32 Å². The van der Waals surface area contributed by atoms with Crippen molar-refractivity contribution in [2.45, 2.75) is 65.0 Å². The van der Waals surface area contributed by atoms with Crippen LogP contribution in [0.4, 0.5) is 9.18 Å². The van der Waals surface area contributed by atoms with Gasteiger partial charge in [-0.3, -0.25) is 4.79 Å². The third-order valence-electron chi connectivity index (χ3n) is 4.16. The van der Waals surface area contributed by atoms with E-state index in [4.69, 9.17) is 9.15 Å². The maximum atomic E-state index is 13.0. The number of ketones is 1. The molecule has 1 heterocycles. The van der Waals surface area contributed by atoms with Crippen molar-refractivity contribution in [2.75, 3.05) is 0 Å². The standard InChI is InChI=1S/C22H28FNO4/c1-5-17(24-21(26)28-22(2,3)4)10-12-19(25)20-13-11-18(27-20)14-15-6-8-16(23)9-7-15/h6-9,11,13,17H,5,10,12,14H2,1-4H3,(H,24,26). The number of halogens is 1. The molecule has 28 heavy (non-hydrogen) atoms. The van der Waals surface area contributed by atoms with Crippen LogP contribution in [0.2, 0.25) is 0 Å². The summed E-state index contributed by atoms with van der Waals surface area (Å²) in [6.07, 6.45) is 1.47. The van der Waals surface area contributed by atoms with Gasteiger partial charge in [0.2, 0.25) is 0 Å². The van der Waals surface area contributed by atoms with E-state index in [1.807, 2.05) is 6.92 Å². The lowest BCUT2D eigenvalue weighted by Gasteiger charge is -2.22. The molecule has 0 fully saturated rings. The second-order valence-corrected chi connectivity index (χ2v) is 7.78. The molecule has 0 bridgehead atoms. The summed E-state index contributed by atoms with van der Waals surface area (Å²) in [5.74, 6) is 0.539. The molecule has 0 aliphatic heterocycles. The molecule has 6 heteroatoms. The molecule has 2 rings (SSSR count). The minimum atomic E-state index is -0.562. The lowest BCUT2D eigenvalue weighted by molar-refractivity contribution is 0.0498. The van der Waals surface area contributed by atoms with Gasteiger partial charge >= 0.3 is 6.09 Å². The van der Waals surface area contributed by atoms with Gasteiger partial charge < -0.3 is 14.5 Å². The molecule has 1 unspecified atom stereocenters. The molecule has 0 saturated carbocycles. The number of furan rings is 1. The predicted molar refractivity (Wildman–Crippen MR) is 105 cm³/mol. The van der Waals surface area contributed by atoms with Crippen LogP contribution in [0.15, 0.2) is 40.8 Å². The third kappa shape index (κ3) is 7.18. The summed E-state index contributed by atoms with van der Waals surface area (Å²) in [5.41, 5.74) is 0.343. The Morgan fingerprint density at radius 3 is 2.43 bits per heavy atom. The number of hydrogen-bond donors (Lipinski definition) is 1. The van der Waals surface area contributed by atoms with Gasteiger partial charge in [-0.05, 0) is 63.4 Å². The highest BCUT2D eigenvalue weighted by atomic mass is 19.1. The van der Waals surface area contributed by atoms with Crippen LogP contribution in [0.25, 0.3) is 0 Å². The van der Waals surface area contributed by atoms with Gasteiger partial charge in [-0.15, -0.1) is 0 Å². The van der Waals surface area contributed by atoms with E-state index < -0.39 is 11.7 Å². The molecule has 2 aromatic rings. The zero-order valence-electron chi connectivity index (χ0n) is 16.9. The van der Waals surface area contributed by atoms with Crippen LogP contribution >= 0.6 is 0 Å². The van der Waals surface area contributed by atoms with Crippen LogP contribution in [0.5, 0.6) is 0 Å². The van der Waals surface area contributed by atoms with Crippen LogP contribution in [0.1, 0.15) is 68.8 Å². The Morgan fingerprint density at radius 1 is 1.14 bits per heavy atom. The lowest BCUT2D eigenvalue weighted by Crippen LogP contribution is -2.39. The second kappa shape index (κ2) is 9.53. The molecule has 0 spiro atoms. The summed E-state index contributed by atoms with van der Waals surface area (Å²) >= 11 is 0. The maximum Gasteiger partial charge on any atom is 0.407 e. The van der Waals surface area contributed by atoms with Crippen molar-refractivity contribution >= 4 is 11.9 Å². The summed E-state index contributed by atoms with van der Waals surface area (Å²) in [5, 5.41) is 2.80. The van der Waals surface area contributed by atoms with Crippen LogP contribution in [0.3, 0.4) is 0 Å². The molecule has 1 aromatic heterocycles. The number of amides is 1. The van der Waals surface area contributed by atoms with Gasteiger partial charge in [-0.1, -0.05) is 19.1 Å². The minimum absolute atomic E-state index is 0.116. The summed E-state index contributed by atoms with van der Waals surface area (Å²) in [6.45, 7) is 7.35. The first kappa shape index (κ1) is 21.7. The lowest BCUT2D eigenvalue weighted by atomic mass is 10.1. The summed E-state index contributed by atoms with van der Waals surface area (Å²) in [4.78, 5) is 24.3. The van der Waals surface area contributed by atoms with E-state index in [1.165, 1.54) is 12.1 Å². The molecule has 0 radical (unpaired) electrons. The smallest absolute Gasteiger partial charge is 0.407 e. The van der Waals surface area contributed by atoms with Crippen LogP contribution in [0, 0.1) is 5.82 Å². The Hall–Kier alpha value is -2.63. The number of nitrogens with one attached hydrogen (secondary N) is 1. The van der Waals surface area contributed by atoms with Gasteiger partial charge in [0, 0.05) is 18.9 Å². The topological polar surface area (TPSA) is 68.5 Å². The van der Waals surface area contributed by atoms with E-state index in [1.54, 1.807) is 45.0 Å². The Kier molecular flexibility index (Phi) is 7.38. The van der Waals surface area contributed by atoms with E-state index in [0.29, 0.717) is 30.8 Å². The number of ether oxygens (including phenoxy) is 1. The van der Waals surface area contributed by atoms with Gasteiger partial charge in [0.15, 0.2) is 11.5 Å². The molecular weight excluding hydrogens is 361 g/mol. The molecule has 1 amide bonds. The fraction of sp³-hybridized carbons (Fsp3) is 0.455. The Bertz CT molecular complexity index is 790. The molecule has 0 aliphatic carbocycles. The highest BCUT2D eigenvalue weighted by Crippen LogP contribution is 2.17. The van der Waals surface area contributed by atoms with Gasteiger partial charge in [0.05, 0.1) is 0 Å². The fourth-order valence-corrected chi connectivity index (χ4v) is 2.71. The van der Waals surface area contributed by atoms with E-state index in [0.717, 1.165) is 5.56 Å². The molecular formula is C22H28FNO4. The highest BCUT2D eigenvalue weighted by molar-refractivity contribution is 5.93. The quantitative estimate of drug-likeness (QED) is 0.624. The van der Waals surface area contributed by atoms with Gasteiger partial charge in [-0.2, -0.15) is 0 Å². The Morgan fingerprint density at radius 2 is 1.82 bits per heavy atom. The summed E-state index contributed by atoms with van der Waals surface area (Å²) in [7, 11) is 0. The van der Waals surface area contributed by atoms with Gasteiger partial charge in [-0.25, -0.2) is 9.18 Å². The van der Waals surface area contributed by atoms with Crippen molar-refractivity contribution in [3.63, 3.8) is 0 Å². The average Bonchev–Trinajstić information content (AvgIpc) is 3.07. The van der Waals surface area contributed by atoms with Crippen molar-refractivity contribution in [3.05, 3.63) is 59.3 Å². The predicted octanol–water partition coefficient (Wildman–Crippen LogP) is 5.28.